The second kappa shape index (κ2) is 7.55. The van der Waals surface area contributed by atoms with E-state index in [4.69, 9.17) is 0 Å². The highest BCUT2D eigenvalue weighted by Gasteiger charge is 2.26. The fourth-order valence-electron chi connectivity index (χ4n) is 4.11. The first-order chi connectivity index (χ1) is 13.1. The zero-order valence-corrected chi connectivity index (χ0v) is 15.8. The van der Waals surface area contributed by atoms with Crippen molar-refractivity contribution in [1.29, 1.82) is 0 Å². The van der Waals surface area contributed by atoms with Crippen LogP contribution in [0.5, 0.6) is 0 Å². The summed E-state index contributed by atoms with van der Waals surface area (Å²) in [5.41, 5.74) is 2.89. The first kappa shape index (κ1) is 17.8. The lowest BCUT2D eigenvalue weighted by Gasteiger charge is -2.28. The van der Waals surface area contributed by atoms with Crippen molar-refractivity contribution in [2.75, 3.05) is 11.9 Å². The maximum atomic E-state index is 12.9. The van der Waals surface area contributed by atoms with Crippen LogP contribution >= 0.6 is 0 Å². The van der Waals surface area contributed by atoms with E-state index in [0.717, 1.165) is 32.1 Å². The molecule has 1 saturated carbocycles. The van der Waals surface area contributed by atoms with Crippen LogP contribution in [0.15, 0.2) is 30.3 Å². The molecule has 1 N–H and O–H groups in total. The van der Waals surface area contributed by atoms with Crippen LogP contribution in [-0.2, 0) is 24.8 Å². The molecular formula is C21H26N4O2. The highest BCUT2D eigenvalue weighted by atomic mass is 16.2. The normalized spacial score (nSPS) is 17.4. The third-order valence-electron chi connectivity index (χ3n) is 5.74. The number of amides is 2. The van der Waals surface area contributed by atoms with Crippen LogP contribution in [-0.4, -0.2) is 33.0 Å². The maximum absolute atomic E-state index is 12.9. The zero-order chi connectivity index (χ0) is 18.8. The number of rotatable bonds is 3. The van der Waals surface area contributed by atoms with Crippen LogP contribution in [0.3, 0.4) is 0 Å². The molecule has 2 amide bonds. The Bertz CT molecular complexity index is 852. The van der Waals surface area contributed by atoms with Gasteiger partial charge in [-0.05, 0) is 30.4 Å². The Morgan fingerprint density at radius 1 is 1.11 bits per heavy atom. The molecule has 2 aromatic rings. The number of anilines is 1. The van der Waals surface area contributed by atoms with E-state index in [0.29, 0.717) is 24.6 Å². The van der Waals surface area contributed by atoms with Crippen molar-refractivity contribution in [2.24, 2.45) is 13.0 Å². The van der Waals surface area contributed by atoms with Gasteiger partial charge in [-0.2, -0.15) is 5.10 Å². The van der Waals surface area contributed by atoms with Crippen molar-refractivity contribution >= 4 is 17.6 Å². The molecule has 1 aromatic heterocycles. The van der Waals surface area contributed by atoms with E-state index in [1.54, 1.807) is 17.8 Å². The number of benzene rings is 1. The minimum Gasteiger partial charge on any atom is -0.333 e. The smallest absolute Gasteiger partial charge is 0.274 e. The quantitative estimate of drug-likeness (QED) is 0.907. The first-order valence-electron chi connectivity index (χ1n) is 9.83. The molecule has 2 heterocycles. The van der Waals surface area contributed by atoms with Gasteiger partial charge in [0.2, 0.25) is 5.91 Å². The van der Waals surface area contributed by atoms with Gasteiger partial charge in [0.15, 0.2) is 5.69 Å². The Labute approximate surface area is 159 Å². The molecule has 1 aliphatic heterocycles. The fraction of sp³-hybridized carbons (Fsp3) is 0.476. The van der Waals surface area contributed by atoms with E-state index in [2.05, 4.69) is 22.5 Å². The van der Waals surface area contributed by atoms with Gasteiger partial charge >= 0.3 is 0 Å². The number of aromatic nitrogens is 2. The first-order valence-corrected chi connectivity index (χ1v) is 9.83. The summed E-state index contributed by atoms with van der Waals surface area (Å²) in [6.45, 7) is 1.30. The van der Waals surface area contributed by atoms with Crippen molar-refractivity contribution in [2.45, 2.75) is 45.1 Å². The largest absolute Gasteiger partial charge is 0.333 e. The zero-order valence-electron chi connectivity index (χ0n) is 15.8. The van der Waals surface area contributed by atoms with Gasteiger partial charge in [-0.3, -0.25) is 14.3 Å². The topological polar surface area (TPSA) is 67.2 Å². The highest BCUT2D eigenvalue weighted by molar-refractivity contribution is 5.96. The third kappa shape index (κ3) is 3.75. The Hall–Kier alpha value is -2.63. The van der Waals surface area contributed by atoms with Crippen molar-refractivity contribution in [3.8, 4) is 0 Å². The van der Waals surface area contributed by atoms with Crippen molar-refractivity contribution in [1.82, 2.24) is 14.7 Å². The van der Waals surface area contributed by atoms with E-state index in [1.807, 2.05) is 17.0 Å². The van der Waals surface area contributed by atoms with E-state index < -0.39 is 0 Å². The SMILES string of the molecule is Cn1nc(C(=O)N2CCc3ccccc3C2)cc1NC(=O)C1CCCCC1. The number of aryl methyl sites for hydroxylation is 1. The molecule has 27 heavy (non-hydrogen) atoms. The molecule has 6 heteroatoms. The predicted octanol–water partition coefficient (Wildman–Crippen LogP) is 3.14. The number of nitrogens with zero attached hydrogens (tertiary/aromatic N) is 3. The van der Waals surface area contributed by atoms with E-state index in [1.165, 1.54) is 17.5 Å². The molecule has 4 rings (SSSR count). The standard InChI is InChI=1S/C21H26N4O2/c1-24-19(22-20(26)16-8-3-2-4-9-16)13-18(23-24)21(27)25-12-11-15-7-5-6-10-17(15)14-25/h5-7,10,13,16H,2-4,8-9,11-12,14H2,1H3,(H,22,26). The lowest BCUT2D eigenvalue weighted by atomic mass is 9.89. The fourth-order valence-corrected chi connectivity index (χ4v) is 4.11. The summed E-state index contributed by atoms with van der Waals surface area (Å²) in [5.74, 6) is 0.625. The maximum Gasteiger partial charge on any atom is 0.274 e. The molecule has 0 saturated heterocycles. The second-order valence-electron chi connectivity index (χ2n) is 7.61. The van der Waals surface area contributed by atoms with Crippen LogP contribution in [0.4, 0.5) is 5.82 Å². The van der Waals surface area contributed by atoms with E-state index in [9.17, 15) is 9.59 Å². The summed E-state index contributed by atoms with van der Waals surface area (Å²) in [5, 5.41) is 7.32. The Morgan fingerprint density at radius 2 is 1.85 bits per heavy atom. The minimum atomic E-state index is -0.0849. The lowest BCUT2D eigenvalue weighted by Crippen LogP contribution is -2.36. The molecule has 0 atom stereocenters. The number of nitrogens with one attached hydrogen (secondary N) is 1. The monoisotopic (exact) mass is 366 g/mol. The van der Waals surface area contributed by atoms with E-state index in [-0.39, 0.29) is 17.7 Å². The number of hydrogen-bond donors (Lipinski definition) is 1. The van der Waals surface area contributed by atoms with Crippen LogP contribution in [0.25, 0.3) is 0 Å². The summed E-state index contributed by atoms with van der Waals surface area (Å²) < 4.78 is 1.59. The van der Waals surface area contributed by atoms with Gasteiger partial charge in [0.25, 0.3) is 5.91 Å². The Balaban J connectivity index is 1.45. The highest BCUT2D eigenvalue weighted by Crippen LogP contribution is 2.25. The molecule has 6 nitrogen and oxygen atoms in total. The van der Waals surface area contributed by atoms with Gasteiger partial charge in [-0.15, -0.1) is 0 Å². The van der Waals surface area contributed by atoms with Crippen LogP contribution in [0.1, 0.15) is 53.7 Å². The lowest BCUT2D eigenvalue weighted by molar-refractivity contribution is -0.120. The molecule has 1 aromatic carbocycles. The van der Waals surface area contributed by atoms with Gasteiger partial charge in [0.05, 0.1) is 0 Å². The Kier molecular flexibility index (Phi) is 4.97. The average Bonchev–Trinajstić information content (AvgIpc) is 3.08. The number of carbonyl (C=O) groups is 2. The molecule has 142 valence electrons. The minimum absolute atomic E-state index is 0.0450. The van der Waals surface area contributed by atoms with Crippen LogP contribution in [0, 0.1) is 5.92 Å². The Morgan fingerprint density at radius 3 is 2.63 bits per heavy atom. The van der Waals surface area contributed by atoms with E-state index >= 15 is 0 Å². The van der Waals surface area contributed by atoms with Crippen LogP contribution < -0.4 is 5.32 Å². The number of carbonyl (C=O) groups excluding carboxylic acids is 2. The number of fused-ring (bicyclic) bond motifs is 1. The van der Waals surface area contributed by atoms with Gasteiger partial charge in [0.1, 0.15) is 5.82 Å². The summed E-state index contributed by atoms with van der Waals surface area (Å²) >= 11 is 0. The van der Waals surface area contributed by atoms with Crippen molar-refractivity contribution in [3.05, 3.63) is 47.2 Å². The summed E-state index contributed by atoms with van der Waals surface area (Å²) in [6, 6.07) is 9.94. The molecule has 2 aliphatic rings. The summed E-state index contributed by atoms with van der Waals surface area (Å²) in [4.78, 5) is 27.2. The van der Waals surface area contributed by atoms with Crippen molar-refractivity contribution in [3.63, 3.8) is 0 Å². The second-order valence-corrected chi connectivity index (χ2v) is 7.61. The number of hydrogen-bond acceptors (Lipinski definition) is 3. The van der Waals surface area contributed by atoms with Crippen LogP contribution in [0.2, 0.25) is 0 Å². The molecule has 0 spiro atoms. The molecule has 0 unspecified atom stereocenters. The molecule has 1 fully saturated rings. The van der Waals surface area contributed by atoms with Crippen molar-refractivity contribution < 1.29 is 9.59 Å². The molecule has 0 bridgehead atoms. The van der Waals surface area contributed by atoms with Gasteiger partial charge < -0.3 is 10.2 Å². The summed E-state index contributed by atoms with van der Waals surface area (Å²) in [7, 11) is 1.76. The third-order valence-corrected chi connectivity index (χ3v) is 5.74. The predicted molar refractivity (Wildman–Crippen MR) is 103 cm³/mol. The van der Waals surface area contributed by atoms with Gasteiger partial charge in [-0.25, -0.2) is 0 Å². The molecule has 0 radical (unpaired) electrons. The van der Waals surface area contributed by atoms with Gasteiger partial charge in [0, 0.05) is 32.1 Å². The average molecular weight is 366 g/mol. The van der Waals surface area contributed by atoms with Gasteiger partial charge in [-0.1, -0.05) is 43.5 Å². The summed E-state index contributed by atoms with van der Waals surface area (Å²) in [6.07, 6.45) is 6.20. The molecular weight excluding hydrogens is 340 g/mol. The molecule has 1 aliphatic carbocycles.